The second kappa shape index (κ2) is 9.90. The number of nitrogens with one attached hydrogen (secondary N) is 1. The lowest BCUT2D eigenvalue weighted by molar-refractivity contribution is -0.146. The van der Waals surface area contributed by atoms with Gasteiger partial charge in [-0.3, -0.25) is 9.59 Å². The Labute approximate surface area is 183 Å². The summed E-state index contributed by atoms with van der Waals surface area (Å²) in [4.78, 5) is 28.0. The van der Waals surface area contributed by atoms with Gasteiger partial charge in [0.25, 0.3) is 5.91 Å². The van der Waals surface area contributed by atoms with Crippen molar-refractivity contribution in [2.24, 2.45) is 0 Å². The Hall–Kier alpha value is -2.28. The number of fused-ring (bicyclic) bond motifs is 1. The number of ketones is 1. The smallest absolute Gasteiger partial charge is 0.253 e. The van der Waals surface area contributed by atoms with E-state index >= 15 is 0 Å². The molecule has 1 saturated heterocycles. The van der Waals surface area contributed by atoms with Gasteiger partial charge in [0, 0.05) is 45.0 Å². The fourth-order valence-electron chi connectivity index (χ4n) is 4.53. The number of Topliss-reactive ketones (excluding diaryl/α,β-unsaturated/α-hetero) is 1. The molecule has 1 atom stereocenters. The topological polar surface area (TPSA) is 67.9 Å². The van der Waals surface area contributed by atoms with Gasteiger partial charge in [-0.1, -0.05) is 30.3 Å². The van der Waals surface area contributed by atoms with E-state index in [1.165, 1.54) is 5.56 Å². The van der Waals surface area contributed by atoms with Gasteiger partial charge in [-0.2, -0.15) is 0 Å². The van der Waals surface area contributed by atoms with Crippen LogP contribution < -0.4 is 5.32 Å². The first-order valence-corrected chi connectivity index (χ1v) is 11.3. The van der Waals surface area contributed by atoms with E-state index in [-0.39, 0.29) is 17.7 Å². The van der Waals surface area contributed by atoms with Gasteiger partial charge in [0.1, 0.15) is 6.10 Å². The number of rotatable bonds is 9. The van der Waals surface area contributed by atoms with Crippen molar-refractivity contribution in [1.29, 1.82) is 0 Å². The Balaban J connectivity index is 1.71. The van der Waals surface area contributed by atoms with E-state index in [4.69, 9.17) is 9.47 Å². The first-order valence-electron chi connectivity index (χ1n) is 11.3. The number of ether oxygens (including phenoxy) is 2. The first-order chi connectivity index (χ1) is 15.1. The average molecular weight is 425 g/mol. The summed E-state index contributed by atoms with van der Waals surface area (Å²) in [6.07, 6.45) is 3.35. The van der Waals surface area contributed by atoms with Crippen molar-refractivity contribution in [2.75, 3.05) is 33.4 Å². The zero-order chi connectivity index (χ0) is 21.8. The molecule has 6 heteroatoms. The molecule has 0 aromatic heterocycles. The molecule has 0 bridgehead atoms. The number of hydrogen-bond acceptors (Lipinski definition) is 5. The van der Waals surface area contributed by atoms with Crippen LogP contribution >= 0.6 is 0 Å². The molecule has 1 heterocycles. The van der Waals surface area contributed by atoms with Crippen molar-refractivity contribution in [1.82, 2.24) is 10.2 Å². The lowest BCUT2D eigenvalue weighted by Gasteiger charge is -2.31. The van der Waals surface area contributed by atoms with Gasteiger partial charge in [-0.05, 0) is 54.5 Å². The van der Waals surface area contributed by atoms with Crippen molar-refractivity contribution in [3.63, 3.8) is 0 Å². The van der Waals surface area contributed by atoms with Crippen LogP contribution in [-0.2, 0) is 27.2 Å². The number of benzene rings is 2. The average Bonchev–Trinajstić information content (AvgIpc) is 3.62. The molecule has 1 amide bonds. The molecule has 0 radical (unpaired) electrons. The number of carbonyl (C=O) groups excluding carboxylic acids is 2. The fraction of sp³-hybridized carbons (Fsp3) is 0.520. The third kappa shape index (κ3) is 4.97. The molecule has 1 N–H and O–H groups in total. The van der Waals surface area contributed by atoms with E-state index < -0.39 is 6.10 Å². The van der Waals surface area contributed by atoms with E-state index in [1.807, 2.05) is 23.1 Å². The lowest BCUT2D eigenvalue weighted by atomic mass is 9.90. The molecule has 2 fully saturated rings. The Morgan fingerprint density at radius 1 is 1.19 bits per heavy atom. The van der Waals surface area contributed by atoms with E-state index in [1.54, 1.807) is 14.0 Å². The molecule has 6 nitrogen and oxygen atoms in total. The number of nitrogens with zero attached hydrogens (tertiary/aromatic N) is 1. The van der Waals surface area contributed by atoms with Crippen LogP contribution in [0.3, 0.4) is 0 Å². The highest BCUT2D eigenvalue weighted by atomic mass is 16.5. The van der Waals surface area contributed by atoms with Crippen molar-refractivity contribution in [2.45, 2.75) is 51.3 Å². The minimum atomic E-state index is -0.447. The first kappa shape index (κ1) is 21.9. The van der Waals surface area contributed by atoms with Crippen molar-refractivity contribution >= 4 is 22.5 Å². The van der Waals surface area contributed by atoms with Crippen LogP contribution in [0.4, 0.5) is 0 Å². The van der Waals surface area contributed by atoms with Crippen LogP contribution in [0.1, 0.15) is 47.7 Å². The summed E-state index contributed by atoms with van der Waals surface area (Å²) in [5.41, 5.74) is 2.86. The Kier molecular flexibility index (Phi) is 7.00. The van der Waals surface area contributed by atoms with Gasteiger partial charge in [-0.15, -0.1) is 0 Å². The van der Waals surface area contributed by atoms with Gasteiger partial charge in [0.05, 0.1) is 6.61 Å². The highest BCUT2D eigenvalue weighted by Gasteiger charge is 2.37. The zero-order valence-electron chi connectivity index (χ0n) is 18.5. The highest BCUT2D eigenvalue weighted by Crippen LogP contribution is 2.33. The lowest BCUT2D eigenvalue weighted by Crippen LogP contribution is -2.49. The number of carbonyl (C=O) groups is 2. The monoisotopic (exact) mass is 424 g/mol. The number of hydrogen-bond donors (Lipinski definition) is 1. The van der Waals surface area contributed by atoms with Crippen molar-refractivity contribution < 1.29 is 19.1 Å². The summed E-state index contributed by atoms with van der Waals surface area (Å²) >= 11 is 0. The van der Waals surface area contributed by atoms with Gasteiger partial charge in [-0.25, -0.2) is 0 Å². The fourth-order valence-corrected chi connectivity index (χ4v) is 4.53. The molecule has 31 heavy (non-hydrogen) atoms. The second-order valence-corrected chi connectivity index (χ2v) is 8.53. The number of methoxy groups -OCH3 is 1. The molecule has 4 rings (SSSR count). The second-order valence-electron chi connectivity index (χ2n) is 8.53. The van der Waals surface area contributed by atoms with Crippen LogP contribution in [0.2, 0.25) is 0 Å². The molecule has 2 aliphatic rings. The van der Waals surface area contributed by atoms with Gasteiger partial charge < -0.3 is 19.7 Å². The summed E-state index contributed by atoms with van der Waals surface area (Å²) in [5, 5.41) is 5.33. The summed E-state index contributed by atoms with van der Waals surface area (Å²) in [5.74, 6) is 0.0618. The molecular formula is C25H32N2O4. The SMILES string of the molecule is COCCCc1cc(CN(C(=O)C2CNCCO2)C2CC2)c(C(C)=O)c2ccccc12. The van der Waals surface area contributed by atoms with Crippen molar-refractivity contribution in [3.8, 4) is 0 Å². The summed E-state index contributed by atoms with van der Waals surface area (Å²) in [6.45, 7) is 4.62. The minimum Gasteiger partial charge on any atom is -0.385 e. The van der Waals surface area contributed by atoms with Gasteiger partial charge >= 0.3 is 0 Å². The van der Waals surface area contributed by atoms with Gasteiger partial charge in [0.2, 0.25) is 0 Å². The molecule has 2 aromatic rings. The Bertz CT molecular complexity index is 948. The van der Waals surface area contributed by atoms with Crippen LogP contribution in [0.25, 0.3) is 10.8 Å². The summed E-state index contributed by atoms with van der Waals surface area (Å²) in [7, 11) is 1.71. The maximum Gasteiger partial charge on any atom is 0.253 e. The standard InChI is InChI=1S/C25H32N2O4/c1-17(28)24-19(14-18(6-5-12-30-2)21-7-3-4-8-22(21)24)16-27(20-9-10-20)25(29)23-15-26-11-13-31-23/h3-4,7-8,14,20,23,26H,5-6,9-13,15-16H2,1-2H3. The maximum atomic E-state index is 13.3. The largest absolute Gasteiger partial charge is 0.385 e. The molecule has 0 spiro atoms. The number of morpholine rings is 1. The Morgan fingerprint density at radius 3 is 2.61 bits per heavy atom. The molecule has 1 aliphatic carbocycles. The van der Waals surface area contributed by atoms with E-state index in [0.29, 0.717) is 26.3 Å². The third-order valence-electron chi connectivity index (χ3n) is 6.17. The molecule has 1 unspecified atom stereocenters. The van der Waals surface area contributed by atoms with E-state index in [9.17, 15) is 9.59 Å². The molecular weight excluding hydrogens is 392 g/mol. The van der Waals surface area contributed by atoms with Crippen LogP contribution in [0.15, 0.2) is 30.3 Å². The normalized spacial score (nSPS) is 18.8. The molecule has 166 valence electrons. The summed E-state index contributed by atoms with van der Waals surface area (Å²) < 4.78 is 11.0. The zero-order valence-corrected chi connectivity index (χ0v) is 18.5. The molecule has 1 saturated carbocycles. The third-order valence-corrected chi connectivity index (χ3v) is 6.17. The van der Waals surface area contributed by atoms with Crippen LogP contribution in [-0.4, -0.2) is 62.1 Å². The molecule has 2 aromatic carbocycles. The van der Waals surface area contributed by atoms with E-state index in [0.717, 1.165) is 54.1 Å². The van der Waals surface area contributed by atoms with E-state index in [2.05, 4.69) is 17.4 Å². The summed E-state index contributed by atoms with van der Waals surface area (Å²) in [6, 6.07) is 10.5. The highest BCUT2D eigenvalue weighted by molar-refractivity contribution is 6.09. The predicted octanol–water partition coefficient (Wildman–Crippen LogP) is 3.10. The van der Waals surface area contributed by atoms with Crippen LogP contribution in [0.5, 0.6) is 0 Å². The number of aryl methyl sites for hydroxylation is 1. The van der Waals surface area contributed by atoms with Crippen LogP contribution in [0, 0.1) is 0 Å². The maximum absolute atomic E-state index is 13.3. The predicted molar refractivity (Wildman–Crippen MR) is 120 cm³/mol. The van der Waals surface area contributed by atoms with Crippen molar-refractivity contribution in [3.05, 3.63) is 47.0 Å². The van der Waals surface area contributed by atoms with Gasteiger partial charge in [0.15, 0.2) is 5.78 Å². The Morgan fingerprint density at radius 2 is 1.97 bits per heavy atom. The molecule has 1 aliphatic heterocycles. The quantitative estimate of drug-likeness (QED) is 0.495. The number of amides is 1. The minimum absolute atomic E-state index is 0.0262.